The van der Waals surface area contributed by atoms with Crippen LogP contribution in [0.15, 0.2) is 47.7 Å². The van der Waals surface area contributed by atoms with E-state index in [1.165, 1.54) is 11.1 Å². The van der Waals surface area contributed by atoms with Crippen LogP contribution >= 0.6 is 0 Å². The maximum atomic E-state index is 4.73. The third-order valence-electron chi connectivity index (χ3n) is 4.80. The molecule has 118 valence electrons. The first kappa shape index (κ1) is 13.5. The molecule has 0 spiro atoms. The van der Waals surface area contributed by atoms with Gasteiger partial charge in [-0.2, -0.15) is 0 Å². The molecular weight excluding hydrogens is 298 g/mol. The van der Waals surface area contributed by atoms with Gasteiger partial charge in [0, 0.05) is 35.9 Å². The lowest BCUT2D eigenvalue weighted by atomic mass is 9.90. The van der Waals surface area contributed by atoms with E-state index in [1.807, 2.05) is 25.4 Å². The van der Waals surface area contributed by atoms with E-state index in [2.05, 4.69) is 44.5 Å². The second-order valence-electron chi connectivity index (χ2n) is 6.28. The van der Waals surface area contributed by atoms with Gasteiger partial charge in [-0.3, -0.25) is 9.98 Å². The van der Waals surface area contributed by atoms with E-state index in [9.17, 15) is 0 Å². The minimum absolute atomic E-state index is 0.322. The van der Waals surface area contributed by atoms with Crippen molar-refractivity contribution in [2.45, 2.75) is 13.3 Å². The summed E-state index contributed by atoms with van der Waals surface area (Å²) in [6, 6.07) is 10.3. The first-order chi connectivity index (χ1) is 11.8. The lowest BCUT2D eigenvalue weighted by molar-refractivity contribution is 0.838. The Bertz CT molecular complexity index is 1010. The summed E-state index contributed by atoms with van der Waals surface area (Å²) in [4.78, 5) is 17.0. The Kier molecular flexibility index (Phi) is 2.82. The fourth-order valence-corrected chi connectivity index (χ4v) is 3.74. The van der Waals surface area contributed by atoms with Gasteiger partial charge in [0.2, 0.25) is 0 Å². The van der Waals surface area contributed by atoms with E-state index in [-0.39, 0.29) is 0 Å². The number of H-pyrrole nitrogens is 1. The zero-order valence-corrected chi connectivity index (χ0v) is 13.4. The zero-order chi connectivity index (χ0) is 16.1. The molecule has 1 unspecified atom stereocenters. The minimum Gasteiger partial charge on any atom is -0.346 e. The largest absolute Gasteiger partial charge is 0.346 e. The van der Waals surface area contributed by atoms with Crippen LogP contribution in [0.3, 0.4) is 0 Å². The molecule has 1 atom stereocenters. The number of aromatic amines is 1. The summed E-state index contributed by atoms with van der Waals surface area (Å²) in [6.07, 6.45) is 4.85. The molecule has 2 aliphatic heterocycles. The number of fused-ring (bicyclic) bond motifs is 2. The van der Waals surface area contributed by atoms with Crippen LogP contribution < -0.4 is 5.32 Å². The van der Waals surface area contributed by atoms with Gasteiger partial charge in [0.05, 0.1) is 11.4 Å². The lowest BCUT2D eigenvalue weighted by Gasteiger charge is -2.12. The van der Waals surface area contributed by atoms with E-state index in [4.69, 9.17) is 4.98 Å². The highest BCUT2D eigenvalue weighted by Crippen LogP contribution is 2.42. The molecule has 0 aliphatic carbocycles. The maximum absolute atomic E-state index is 4.73. The monoisotopic (exact) mass is 315 g/mol. The van der Waals surface area contributed by atoms with Crippen LogP contribution in [-0.4, -0.2) is 27.3 Å². The van der Waals surface area contributed by atoms with E-state index in [1.54, 1.807) is 0 Å². The van der Waals surface area contributed by atoms with Crippen molar-refractivity contribution in [3.8, 4) is 0 Å². The van der Waals surface area contributed by atoms with E-state index in [0.717, 1.165) is 46.9 Å². The van der Waals surface area contributed by atoms with E-state index in [0.29, 0.717) is 5.92 Å². The Morgan fingerprint density at radius 3 is 3.04 bits per heavy atom. The Morgan fingerprint density at radius 2 is 2.12 bits per heavy atom. The summed E-state index contributed by atoms with van der Waals surface area (Å²) in [6.45, 7) is 2.90. The molecule has 5 rings (SSSR count). The number of aliphatic imine (C=N–C) groups is 1. The second kappa shape index (κ2) is 5.03. The minimum atomic E-state index is 0.322. The highest BCUT2D eigenvalue weighted by atomic mass is 15.1. The molecule has 0 saturated carbocycles. The van der Waals surface area contributed by atoms with Gasteiger partial charge in [0.1, 0.15) is 11.5 Å². The molecule has 3 aromatic rings. The molecule has 0 fully saturated rings. The molecule has 2 aliphatic rings. The summed E-state index contributed by atoms with van der Waals surface area (Å²) in [5, 5.41) is 4.68. The molecule has 2 N–H and O–H groups in total. The fraction of sp³-hybridized carbons (Fsp3) is 0.211. The van der Waals surface area contributed by atoms with E-state index >= 15 is 0 Å². The standard InChI is InChI=1S/C19H17N5/c1-11-3-2-4-15(23-11)17-16(14-7-10-22-19(14)24-17)12-5-8-20-18-13(12)6-9-21-18/h2-6,8-9,14H,7,10H2,1H3,(H,20,21)(H,22,24). The molecule has 0 saturated heterocycles. The molecule has 3 aromatic heterocycles. The third kappa shape index (κ3) is 1.91. The Balaban J connectivity index is 1.78. The topological polar surface area (TPSA) is 66.0 Å². The Labute approximate surface area is 139 Å². The number of amidine groups is 1. The van der Waals surface area contributed by atoms with Crippen LogP contribution in [0.1, 0.15) is 23.4 Å². The molecule has 0 amide bonds. The van der Waals surface area contributed by atoms with Crippen molar-refractivity contribution in [2.75, 3.05) is 6.54 Å². The molecule has 0 radical (unpaired) electrons. The smallest absolute Gasteiger partial charge is 0.137 e. The first-order valence-electron chi connectivity index (χ1n) is 8.23. The van der Waals surface area contributed by atoms with Gasteiger partial charge in [0.15, 0.2) is 0 Å². The van der Waals surface area contributed by atoms with E-state index < -0.39 is 0 Å². The van der Waals surface area contributed by atoms with Gasteiger partial charge < -0.3 is 10.3 Å². The van der Waals surface area contributed by atoms with Crippen LogP contribution in [-0.2, 0) is 0 Å². The summed E-state index contributed by atoms with van der Waals surface area (Å²) in [5.41, 5.74) is 6.49. The highest BCUT2D eigenvalue weighted by molar-refractivity contribution is 6.16. The van der Waals surface area contributed by atoms with Crippen LogP contribution in [0.4, 0.5) is 0 Å². The van der Waals surface area contributed by atoms with Crippen molar-refractivity contribution in [2.24, 2.45) is 10.9 Å². The molecule has 24 heavy (non-hydrogen) atoms. The van der Waals surface area contributed by atoms with Gasteiger partial charge >= 0.3 is 0 Å². The number of aryl methyl sites for hydroxylation is 1. The number of hydrogen-bond acceptors (Lipinski definition) is 4. The maximum Gasteiger partial charge on any atom is 0.137 e. The molecule has 0 bridgehead atoms. The predicted octanol–water partition coefficient (Wildman–Crippen LogP) is 3.16. The summed E-state index contributed by atoms with van der Waals surface area (Å²) >= 11 is 0. The second-order valence-corrected chi connectivity index (χ2v) is 6.28. The van der Waals surface area contributed by atoms with Gasteiger partial charge in [-0.1, -0.05) is 6.07 Å². The van der Waals surface area contributed by atoms with Crippen LogP contribution in [0, 0.1) is 12.8 Å². The molecule has 0 aromatic carbocycles. The zero-order valence-electron chi connectivity index (χ0n) is 13.4. The molecular formula is C19H17N5. The van der Waals surface area contributed by atoms with Crippen molar-refractivity contribution >= 4 is 28.1 Å². The highest BCUT2D eigenvalue weighted by Gasteiger charge is 2.36. The first-order valence-corrected chi connectivity index (χ1v) is 8.23. The quantitative estimate of drug-likeness (QED) is 0.763. The number of pyridine rings is 2. The van der Waals surface area contributed by atoms with Crippen molar-refractivity contribution in [3.05, 3.63) is 59.7 Å². The number of aromatic nitrogens is 3. The van der Waals surface area contributed by atoms with Crippen molar-refractivity contribution in [1.82, 2.24) is 20.3 Å². The van der Waals surface area contributed by atoms with Gasteiger partial charge in [-0.05, 0) is 48.7 Å². The van der Waals surface area contributed by atoms with Crippen molar-refractivity contribution in [1.29, 1.82) is 0 Å². The molecule has 5 nitrogen and oxygen atoms in total. The summed E-state index contributed by atoms with van der Waals surface area (Å²) in [5.74, 6) is 1.40. The number of nitrogens with zero attached hydrogens (tertiary/aromatic N) is 3. The number of hydrogen-bond donors (Lipinski definition) is 2. The van der Waals surface area contributed by atoms with Crippen molar-refractivity contribution < 1.29 is 0 Å². The summed E-state index contributed by atoms with van der Waals surface area (Å²) < 4.78 is 0. The van der Waals surface area contributed by atoms with Crippen LogP contribution in [0.5, 0.6) is 0 Å². The van der Waals surface area contributed by atoms with Crippen LogP contribution in [0.25, 0.3) is 22.3 Å². The Hall–Kier alpha value is -2.95. The van der Waals surface area contributed by atoms with Gasteiger partial charge in [-0.25, -0.2) is 4.98 Å². The SMILES string of the molecule is Cc1cccc(C2=C(c3ccnc4[nH]ccc34)C3CCN=C3N2)n1. The van der Waals surface area contributed by atoms with Crippen molar-refractivity contribution in [3.63, 3.8) is 0 Å². The molecule has 5 heteroatoms. The lowest BCUT2D eigenvalue weighted by Crippen LogP contribution is -2.18. The Morgan fingerprint density at radius 1 is 1.17 bits per heavy atom. The van der Waals surface area contributed by atoms with Gasteiger partial charge in [0.25, 0.3) is 0 Å². The predicted molar refractivity (Wildman–Crippen MR) is 95.4 cm³/mol. The number of nitrogens with one attached hydrogen (secondary N) is 2. The van der Waals surface area contributed by atoms with Crippen LogP contribution in [0.2, 0.25) is 0 Å². The fourth-order valence-electron chi connectivity index (χ4n) is 3.74. The third-order valence-corrected chi connectivity index (χ3v) is 4.80. The van der Waals surface area contributed by atoms with Gasteiger partial charge in [-0.15, -0.1) is 0 Å². The average molecular weight is 315 g/mol. The number of rotatable bonds is 2. The average Bonchev–Trinajstić information content (AvgIpc) is 3.29. The molecule has 5 heterocycles. The summed E-state index contributed by atoms with van der Waals surface area (Å²) in [7, 11) is 0. The normalized spacial score (nSPS) is 19.5.